The molecule has 0 saturated carbocycles. The Morgan fingerprint density at radius 3 is 3.33 bits per heavy atom. The van der Waals surface area contributed by atoms with Crippen LogP contribution in [0.5, 0.6) is 0 Å². The van der Waals surface area contributed by atoms with E-state index in [9.17, 15) is 0 Å². The molecule has 46 valence electrons. The quantitative estimate of drug-likeness (QED) is 0.591. The second kappa shape index (κ2) is 1.48. The summed E-state index contributed by atoms with van der Waals surface area (Å²) in [5, 5.41) is 4.79. The highest BCUT2D eigenvalue weighted by Gasteiger charge is 1.95. The van der Waals surface area contributed by atoms with Crippen LogP contribution in [0, 0.1) is 0 Å². The maximum Gasteiger partial charge on any atom is 0.121 e. The van der Waals surface area contributed by atoms with Crippen LogP contribution in [0.15, 0.2) is 18.5 Å². The first-order valence-corrected chi connectivity index (χ1v) is 3.36. The summed E-state index contributed by atoms with van der Waals surface area (Å²) in [6, 6.07) is 1.93. The van der Waals surface area contributed by atoms with Gasteiger partial charge in [0.2, 0.25) is 0 Å². The third kappa shape index (κ3) is 0.598. The highest BCUT2D eigenvalue weighted by atomic mass is 32.1. The minimum atomic E-state index is 0.804. The number of nitrogen functional groups attached to an aromatic ring is 1. The van der Waals surface area contributed by atoms with E-state index in [1.54, 1.807) is 16.9 Å². The van der Waals surface area contributed by atoms with E-state index in [0.717, 1.165) is 9.83 Å². The van der Waals surface area contributed by atoms with Crippen LogP contribution in [-0.2, 0) is 0 Å². The molecule has 2 aromatic heterocycles. The standard InChI is InChI=1S/C5H5N3S/c6-4-3-8-5(9-4)1-2-7-8/h1-3H,6H2. The van der Waals surface area contributed by atoms with Gasteiger partial charge in [-0.2, -0.15) is 5.10 Å². The Kier molecular flexibility index (Phi) is 0.790. The van der Waals surface area contributed by atoms with Crippen molar-refractivity contribution in [1.82, 2.24) is 9.61 Å². The van der Waals surface area contributed by atoms with Gasteiger partial charge in [-0.25, -0.2) is 4.52 Å². The van der Waals surface area contributed by atoms with Gasteiger partial charge in [-0.15, -0.1) is 0 Å². The van der Waals surface area contributed by atoms with E-state index in [1.165, 1.54) is 11.3 Å². The van der Waals surface area contributed by atoms with Crippen LogP contribution < -0.4 is 5.73 Å². The lowest BCUT2D eigenvalue weighted by atomic mass is 10.7. The third-order valence-corrected chi connectivity index (χ3v) is 1.98. The van der Waals surface area contributed by atoms with Gasteiger partial charge in [0.25, 0.3) is 0 Å². The number of nitrogens with two attached hydrogens (primary N) is 1. The average Bonchev–Trinajstić information content (AvgIpc) is 2.22. The van der Waals surface area contributed by atoms with Crippen molar-refractivity contribution < 1.29 is 0 Å². The highest BCUT2D eigenvalue weighted by Crippen LogP contribution is 2.17. The summed E-state index contributed by atoms with van der Waals surface area (Å²) in [5.74, 6) is 0. The van der Waals surface area contributed by atoms with Crippen LogP contribution in [0.2, 0.25) is 0 Å². The molecule has 0 radical (unpaired) electrons. The molecule has 3 nitrogen and oxygen atoms in total. The molecule has 2 heterocycles. The van der Waals surface area contributed by atoms with Crippen molar-refractivity contribution in [1.29, 1.82) is 0 Å². The average molecular weight is 139 g/mol. The van der Waals surface area contributed by atoms with Gasteiger partial charge in [-0.05, 0) is 6.07 Å². The van der Waals surface area contributed by atoms with E-state index >= 15 is 0 Å². The predicted octanol–water partition coefficient (Wildman–Crippen LogP) is 0.978. The Bertz CT molecular complexity index is 293. The molecule has 0 bridgehead atoms. The summed E-state index contributed by atoms with van der Waals surface area (Å²) in [4.78, 5) is 1.09. The molecular formula is C5H5N3S. The van der Waals surface area contributed by atoms with Crippen molar-refractivity contribution >= 4 is 21.2 Å². The van der Waals surface area contributed by atoms with Crippen LogP contribution >= 0.6 is 11.3 Å². The van der Waals surface area contributed by atoms with Crippen molar-refractivity contribution in [2.75, 3.05) is 5.73 Å². The van der Waals surface area contributed by atoms with Gasteiger partial charge < -0.3 is 5.73 Å². The molecule has 9 heavy (non-hydrogen) atoms. The zero-order valence-corrected chi connectivity index (χ0v) is 5.43. The molecule has 0 aromatic carbocycles. The van der Waals surface area contributed by atoms with Gasteiger partial charge in [0.1, 0.15) is 9.83 Å². The van der Waals surface area contributed by atoms with Crippen LogP contribution in [0.25, 0.3) is 4.83 Å². The number of aromatic nitrogens is 2. The van der Waals surface area contributed by atoms with Crippen molar-refractivity contribution in [2.24, 2.45) is 0 Å². The van der Waals surface area contributed by atoms with Gasteiger partial charge in [0, 0.05) is 0 Å². The number of hydrogen-bond acceptors (Lipinski definition) is 3. The maximum absolute atomic E-state index is 5.49. The van der Waals surface area contributed by atoms with Gasteiger partial charge in [0.15, 0.2) is 0 Å². The predicted molar refractivity (Wildman–Crippen MR) is 37.5 cm³/mol. The van der Waals surface area contributed by atoms with Gasteiger partial charge in [-0.3, -0.25) is 0 Å². The molecule has 0 atom stereocenters. The Labute approximate surface area is 55.7 Å². The minimum Gasteiger partial charge on any atom is -0.389 e. The van der Waals surface area contributed by atoms with Crippen LogP contribution in [0.1, 0.15) is 0 Å². The molecule has 2 rings (SSSR count). The largest absolute Gasteiger partial charge is 0.389 e. The number of thiazole rings is 1. The fourth-order valence-corrected chi connectivity index (χ4v) is 1.46. The Hall–Kier alpha value is -1.03. The second-order valence-electron chi connectivity index (χ2n) is 1.75. The molecule has 0 unspecified atom stereocenters. The first-order chi connectivity index (χ1) is 4.36. The smallest absolute Gasteiger partial charge is 0.121 e. The van der Waals surface area contributed by atoms with Crippen LogP contribution in [0.4, 0.5) is 5.00 Å². The van der Waals surface area contributed by atoms with E-state index in [0.29, 0.717) is 0 Å². The number of hydrogen-bond donors (Lipinski definition) is 1. The summed E-state index contributed by atoms with van der Waals surface area (Å²) in [6.45, 7) is 0. The summed E-state index contributed by atoms with van der Waals surface area (Å²) in [5.41, 5.74) is 5.49. The zero-order valence-electron chi connectivity index (χ0n) is 4.61. The molecule has 2 aromatic rings. The minimum absolute atomic E-state index is 0.804. The first-order valence-electron chi connectivity index (χ1n) is 2.55. The summed E-state index contributed by atoms with van der Waals surface area (Å²) >= 11 is 1.54. The molecule has 0 saturated heterocycles. The Balaban J connectivity index is 2.92. The molecule has 0 spiro atoms. The lowest BCUT2D eigenvalue weighted by Crippen LogP contribution is -1.79. The Morgan fingerprint density at radius 1 is 1.67 bits per heavy atom. The molecule has 0 aliphatic heterocycles. The summed E-state index contributed by atoms with van der Waals surface area (Å²) < 4.78 is 1.76. The molecule has 0 amide bonds. The lowest BCUT2D eigenvalue weighted by Gasteiger charge is -1.73. The number of anilines is 1. The molecule has 0 fully saturated rings. The Morgan fingerprint density at radius 2 is 2.56 bits per heavy atom. The number of nitrogens with zero attached hydrogens (tertiary/aromatic N) is 2. The fraction of sp³-hybridized carbons (Fsp3) is 0. The van der Waals surface area contributed by atoms with Crippen molar-refractivity contribution in [3.8, 4) is 0 Å². The van der Waals surface area contributed by atoms with Gasteiger partial charge >= 0.3 is 0 Å². The highest BCUT2D eigenvalue weighted by molar-refractivity contribution is 7.21. The van der Waals surface area contributed by atoms with E-state index in [2.05, 4.69) is 5.10 Å². The van der Waals surface area contributed by atoms with Crippen LogP contribution in [0.3, 0.4) is 0 Å². The monoisotopic (exact) mass is 139 g/mol. The van der Waals surface area contributed by atoms with E-state index in [1.807, 2.05) is 6.07 Å². The van der Waals surface area contributed by atoms with Gasteiger partial charge in [-0.1, -0.05) is 11.3 Å². The summed E-state index contributed by atoms with van der Waals surface area (Å²) in [7, 11) is 0. The van der Waals surface area contributed by atoms with Crippen molar-refractivity contribution in [3.63, 3.8) is 0 Å². The molecule has 0 aliphatic carbocycles. The van der Waals surface area contributed by atoms with Gasteiger partial charge in [0.05, 0.1) is 12.4 Å². The number of fused-ring (bicyclic) bond motifs is 1. The summed E-state index contributed by atoms with van der Waals surface area (Å²) in [6.07, 6.45) is 3.56. The van der Waals surface area contributed by atoms with Crippen molar-refractivity contribution in [3.05, 3.63) is 18.5 Å². The zero-order chi connectivity index (χ0) is 6.27. The molecular weight excluding hydrogens is 134 g/mol. The second-order valence-corrected chi connectivity index (χ2v) is 2.84. The maximum atomic E-state index is 5.49. The fourth-order valence-electron chi connectivity index (χ4n) is 0.748. The lowest BCUT2D eigenvalue weighted by molar-refractivity contribution is 0.979. The number of rotatable bonds is 0. The first kappa shape index (κ1) is 4.81. The normalized spacial score (nSPS) is 10.7. The molecule has 0 aliphatic rings. The SMILES string of the molecule is Nc1cn2nccc2s1. The van der Waals surface area contributed by atoms with E-state index in [4.69, 9.17) is 5.73 Å². The van der Waals surface area contributed by atoms with Crippen molar-refractivity contribution in [2.45, 2.75) is 0 Å². The van der Waals surface area contributed by atoms with E-state index < -0.39 is 0 Å². The molecule has 4 heteroatoms. The topological polar surface area (TPSA) is 43.3 Å². The third-order valence-electron chi connectivity index (χ3n) is 1.11. The van der Waals surface area contributed by atoms with Crippen LogP contribution in [-0.4, -0.2) is 9.61 Å². The molecule has 2 N–H and O–H groups in total. The van der Waals surface area contributed by atoms with E-state index in [-0.39, 0.29) is 0 Å².